The number of hydrogen-bond donors (Lipinski definition) is 1. The molecule has 1 N–H and O–H groups in total. The quantitative estimate of drug-likeness (QED) is 0.578. The molecule has 1 unspecified atom stereocenters. The first-order valence-corrected chi connectivity index (χ1v) is 8.74. The molecule has 0 aliphatic rings. The Hall–Kier alpha value is -2.57. The topological polar surface area (TPSA) is 90.9 Å². The van der Waals surface area contributed by atoms with Crippen LogP contribution in [0.5, 0.6) is 0 Å². The van der Waals surface area contributed by atoms with Gasteiger partial charge in [0.05, 0.1) is 6.61 Å². The van der Waals surface area contributed by atoms with E-state index in [1.807, 2.05) is 30.3 Å². The summed E-state index contributed by atoms with van der Waals surface area (Å²) in [6.45, 7) is 9.83. The lowest BCUT2D eigenvalue weighted by atomic mass is 9.85. The minimum absolute atomic E-state index is 0.0653. The van der Waals surface area contributed by atoms with Crippen molar-refractivity contribution in [3.05, 3.63) is 35.9 Å². The van der Waals surface area contributed by atoms with Gasteiger partial charge in [0.2, 0.25) is 0 Å². The molecule has 0 saturated carbocycles. The normalized spacial score (nSPS) is 12.7. The summed E-state index contributed by atoms with van der Waals surface area (Å²) in [6.07, 6.45) is -0.750. The van der Waals surface area contributed by atoms with E-state index in [0.29, 0.717) is 0 Å². The van der Waals surface area contributed by atoms with Crippen LogP contribution in [0.1, 0.15) is 47.1 Å². The SMILES string of the molecule is CC(=O)OCC(C)(C)C(NC(=O)OC(C)(C)C)C(=O)OCc1ccccc1. The van der Waals surface area contributed by atoms with Gasteiger partial charge in [-0.15, -0.1) is 0 Å². The second-order valence-electron chi connectivity index (χ2n) is 7.94. The molecule has 0 heterocycles. The van der Waals surface area contributed by atoms with Crippen LogP contribution in [0.4, 0.5) is 4.79 Å². The van der Waals surface area contributed by atoms with Crippen molar-refractivity contribution >= 4 is 18.0 Å². The molecule has 7 heteroatoms. The Labute approximate surface area is 160 Å². The third kappa shape index (κ3) is 8.57. The van der Waals surface area contributed by atoms with Crippen molar-refractivity contribution in [3.8, 4) is 0 Å². The van der Waals surface area contributed by atoms with Crippen LogP contribution in [0, 0.1) is 5.41 Å². The van der Waals surface area contributed by atoms with E-state index in [0.717, 1.165) is 5.56 Å². The first-order valence-electron chi connectivity index (χ1n) is 8.74. The second kappa shape index (κ2) is 9.39. The molecule has 0 aliphatic carbocycles. The number of rotatable bonds is 7. The van der Waals surface area contributed by atoms with Crippen LogP contribution in [0.25, 0.3) is 0 Å². The van der Waals surface area contributed by atoms with Crippen LogP contribution < -0.4 is 5.32 Å². The molecule has 150 valence electrons. The molecular formula is C20H29NO6. The van der Waals surface area contributed by atoms with E-state index >= 15 is 0 Å². The van der Waals surface area contributed by atoms with Crippen molar-refractivity contribution in [2.24, 2.45) is 5.41 Å². The molecule has 1 atom stereocenters. The highest BCUT2D eigenvalue weighted by Gasteiger charge is 2.39. The molecule has 27 heavy (non-hydrogen) atoms. The van der Waals surface area contributed by atoms with Gasteiger partial charge in [-0.05, 0) is 26.3 Å². The van der Waals surface area contributed by atoms with E-state index in [1.54, 1.807) is 34.6 Å². The summed E-state index contributed by atoms with van der Waals surface area (Å²) in [5, 5.41) is 2.55. The number of esters is 2. The average molecular weight is 379 g/mol. The van der Waals surface area contributed by atoms with E-state index < -0.39 is 35.1 Å². The van der Waals surface area contributed by atoms with Crippen molar-refractivity contribution in [3.63, 3.8) is 0 Å². The Morgan fingerprint density at radius 1 is 1.00 bits per heavy atom. The molecule has 0 aromatic heterocycles. The summed E-state index contributed by atoms with van der Waals surface area (Å²) in [5.41, 5.74) is -0.807. The number of ether oxygens (including phenoxy) is 3. The lowest BCUT2D eigenvalue weighted by molar-refractivity contribution is -0.155. The Kier molecular flexibility index (Phi) is 7.82. The van der Waals surface area contributed by atoms with Crippen LogP contribution >= 0.6 is 0 Å². The minimum atomic E-state index is -1.06. The molecule has 1 rings (SSSR count). The van der Waals surface area contributed by atoms with Gasteiger partial charge in [-0.2, -0.15) is 0 Å². The summed E-state index contributed by atoms with van der Waals surface area (Å²) in [7, 11) is 0. The molecule has 0 fully saturated rings. The maximum Gasteiger partial charge on any atom is 0.408 e. The number of nitrogens with one attached hydrogen (secondary N) is 1. The molecule has 0 saturated heterocycles. The van der Waals surface area contributed by atoms with Crippen molar-refractivity contribution in [1.82, 2.24) is 5.32 Å². The highest BCUT2D eigenvalue weighted by molar-refractivity contribution is 5.82. The Morgan fingerprint density at radius 3 is 2.11 bits per heavy atom. The van der Waals surface area contributed by atoms with Crippen molar-refractivity contribution in [1.29, 1.82) is 0 Å². The second-order valence-corrected chi connectivity index (χ2v) is 7.94. The summed E-state index contributed by atoms with van der Waals surface area (Å²) in [4.78, 5) is 36.0. The molecule has 7 nitrogen and oxygen atoms in total. The number of amides is 1. The molecule has 1 amide bonds. The molecule has 0 spiro atoms. The number of carbonyl (C=O) groups excluding carboxylic acids is 3. The number of hydrogen-bond acceptors (Lipinski definition) is 6. The lowest BCUT2D eigenvalue weighted by Gasteiger charge is -2.33. The van der Waals surface area contributed by atoms with Crippen molar-refractivity contribution in [2.75, 3.05) is 6.61 Å². The zero-order chi connectivity index (χ0) is 20.7. The van der Waals surface area contributed by atoms with Gasteiger partial charge in [0.15, 0.2) is 0 Å². The number of carbonyl (C=O) groups is 3. The predicted molar refractivity (Wildman–Crippen MR) is 99.8 cm³/mol. The summed E-state index contributed by atoms with van der Waals surface area (Å²) in [5.74, 6) is -1.11. The van der Waals surface area contributed by atoms with E-state index in [9.17, 15) is 14.4 Å². The van der Waals surface area contributed by atoms with Gasteiger partial charge in [0, 0.05) is 12.3 Å². The van der Waals surface area contributed by atoms with E-state index in [2.05, 4.69) is 5.32 Å². The zero-order valence-corrected chi connectivity index (χ0v) is 16.8. The van der Waals surface area contributed by atoms with Gasteiger partial charge in [0.25, 0.3) is 0 Å². The predicted octanol–water partition coefficient (Wildman–Crippen LogP) is 3.21. The fraction of sp³-hybridized carbons (Fsp3) is 0.550. The highest BCUT2D eigenvalue weighted by atomic mass is 16.6. The highest BCUT2D eigenvalue weighted by Crippen LogP contribution is 2.24. The Bertz CT molecular complexity index is 648. The zero-order valence-electron chi connectivity index (χ0n) is 16.8. The molecule has 0 bridgehead atoms. The summed E-state index contributed by atoms with van der Waals surface area (Å²) in [6, 6.07) is 8.13. The fourth-order valence-corrected chi connectivity index (χ4v) is 2.18. The first kappa shape index (κ1) is 22.5. The number of alkyl carbamates (subject to hydrolysis) is 1. The lowest BCUT2D eigenvalue weighted by Crippen LogP contribution is -2.53. The molecule has 0 aliphatic heterocycles. The molecule has 1 aromatic carbocycles. The van der Waals surface area contributed by atoms with E-state index in [4.69, 9.17) is 14.2 Å². The third-order valence-electron chi connectivity index (χ3n) is 3.55. The Balaban J connectivity index is 2.89. The van der Waals surface area contributed by atoms with Gasteiger partial charge in [-0.25, -0.2) is 9.59 Å². The fourth-order valence-electron chi connectivity index (χ4n) is 2.18. The van der Waals surface area contributed by atoms with Gasteiger partial charge in [-0.3, -0.25) is 4.79 Å². The standard InChI is InChI=1S/C20H29NO6/c1-14(22)26-13-20(5,6)16(21-18(24)27-19(2,3)4)17(23)25-12-15-10-8-7-9-11-15/h7-11,16H,12-13H2,1-6H3,(H,21,24). The summed E-state index contributed by atoms with van der Waals surface area (Å²) >= 11 is 0. The summed E-state index contributed by atoms with van der Waals surface area (Å²) < 4.78 is 15.6. The minimum Gasteiger partial charge on any atom is -0.465 e. The van der Waals surface area contributed by atoms with Crippen molar-refractivity contribution in [2.45, 2.75) is 59.8 Å². The maximum absolute atomic E-state index is 12.7. The monoisotopic (exact) mass is 379 g/mol. The van der Waals surface area contributed by atoms with Crippen LogP contribution in [-0.4, -0.2) is 36.3 Å². The van der Waals surface area contributed by atoms with Crippen LogP contribution in [0.15, 0.2) is 30.3 Å². The maximum atomic E-state index is 12.7. The molecule has 0 radical (unpaired) electrons. The largest absolute Gasteiger partial charge is 0.465 e. The first-order chi connectivity index (χ1) is 12.4. The number of benzene rings is 1. The van der Waals surface area contributed by atoms with Crippen LogP contribution in [0.2, 0.25) is 0 Å². The average Bonchev–Trinajstić information content (AvgIpc) is 2.55. The Morgan fingerprint density at radius 2 is 1.59 bits per heavy atom. The molecule has 1 aromatic rings. The van der Waals surface area contributed by atoms with Gasteiger partial charge in [-0.1, -0.05) is 44.2 Å². The smallest absolute Gasteiger partial charge is 0.408 e. The van der Waals surface area contributed by atoms with E-state index in [-0.39, 0.29) is 13.2 Å². The van der Waals surface area contributed by atoms with Gasteiger partial charge < -0.3 is 19.5 Å². The third-order valence-corrected chi connectivity index (χ3v) is 3.55. The van der Waals surface area contributed by atoms with Crippen LogP contribution in [-0.2, 0) is 30.4 Å². The van der Waals surface area contributed by atoms with Crippen molar-refractivity contribution < 1.29 is 28.6 Å². The van der Waals surface area contributed by atoms with Gasteiger partial charge in [0.1, 0.15) is 18.2 Å². The molecular weight excluding hydrogens is 350 g/mol. The van der Waals surface area contributed by atoms with Crippen LogP contribution in [0.3, 0.4) is 0 Å². The van der Waals surface area contributed by atoms with E-state index in [1.165, 1.54) is 6.92 Å². The van der Waals surface area contributed by atoms with Gasteiger partial charge >= 0.3 is 18.0 Å².